The molecule has 1 heterocycles. The second-order valence-corrected chi connectivity index (χ2v) is 7.88. The third-order valence-corrected chi connectivity index (χ3v) is 4.95. The summed E-state index contributed by atoms with van der Waals surface area (Å²) >= 11 is 0. The number of ether oxygens (including phenoxy) is 2. The van der Waals surface area contributed by atoms with Crippen molar-refractivity contribution in [3.05, 3.63) is 59.8 Å². The number of fused-ring (bicyclic) bond motifs is 1. The number of carbonyl (C=O) groups is 1. The molecule has 0 aliphatic carbocycles. The van der Waals surface area contributed by atoms with Gasteiger partial charge in [0, 0.05) is 40.5 Å². The summed E-state index contributed by atoms with van der Waals surface area (Å²) in [6.45, 7) is 6.20. The van der Waals surface area contributed by atoms with E-state index in [0.29, 0.717) is 18.0 Å². The number of H-pyrrole nitrogens is 1. The smallest absolute Gasteiger partial charge is 0.225 e. The molecule has 3 rings (SSSR count). The van der Waals surface area contributed by atoms with Crippen LogP contribution in [-0.2, 0) is 4.79 Å². The van der Waals surface area contributed by atoms with Crippen molar-refractivity contribution in [3.63, 3.8) is 0 Å². The number of aromatic nitrogens is 1. The molecule has 0 bridgehead atoms. The number of methoxy groups -OCH3 is 2. The highest BCUT2D eigenvalue weighted by atomic mass is 16.5. The second kappa shape index (κ2) is 7.97. The van der Waals surface area contributed by atoms with E-state index in [9.17, 15) is 4.79 Å². The topological polar surface area (TPSA) is 63.3 Å². The molecule has 5 heteroatoms. The van der Waals surface area contributed by atoms with Crippen LogP contribution in [0.5, 0.6) is 11.5 Å². The summed E-state index contributed by atoms with van der Waals surface area (Å²) in [4.78, 5) is 15.9. The SMILES string of the molecule is COc1cccc(C(CNC(=O)C(C)(C)C)c2c[nH]c3ccccc23)c1OC. The molecule has 148 valence electrons. The van der Waals surface area contributed by atoms with Gasteiger partial charge in [-0.25, -0.2) is 0 Å². The van der Waals surface area contributed by atoms with Crippen molar-refractivity contribution in [2.24, 2.45) is 5.41 Å². The average molecular weight is 380 g/mol. The highest BCUT2D eigenvalue weighted by molar-refractivity contribution is 5.85. The Morgan fingerprint density at radius 3 is 2.46 bits per heavy atom. The Labute approximate surface area is 166 Å². The van der Waals surface area contributed by atoms with Crippen LogP contribution in [0.1, 0.15) is 37.8 Å². The maximum absolute atomic E-state index is 12.5. The molecular weight excluding hydrogens is 352 g/mol. The van der Waals surface area contributed by atoms with Crippen LogP contribution >= 0.6 is 0 Å². The fraction of sp³-hybridized carbons (Fsp3) is 0.348. The summed E-state index contributed by atoms with van der Waals surface area (Å²) in [7, 11) is 3.27. The van der Waals surface area contributed by atoms with Crippen LogP contribution in [0.4, 0.5) is 0 Å². The van der Waals surface area contributed by atoms with E-state index in [2.05, 4.69) is 16.4 Å². The van der Waals surface area contributed by atoms with Gasteiger partial charge in [0.05, 0.1) is 14.2 Å². The van der Waals surface area contributed by atoms with Gasteiger partial charge in [-0.3, -0.25) is 4.79 Å². The van der Waals surface area contributed by atoms with E-state index in [1.807, 2.05) is 63.4 Å². The molecule has 0 saturated carbocycles. The van der Waals surface area contributed by atoms with Gasteiger partial charge in [-0.2, -0.15) is 0 Å². The molecule has 1 atom stereocenters. The van der Waals surface area contributed by atoms with E-state index in [4.69, 9.17) is 9.47 Å². The van der Waals surface area contributed by atoms with Gasteiger partial charge in [0.1, 0.15) is 0 Å². The molecule has 1 aromatic heterocycles. The molecule has 0 aliphatic heterocycles. The summed E-state index contributed by atoms with van der Waals surface area (Å²) in [5.41, 5.74) is 2.69. The van der Waals surface area contributed by atoms with Crippen molar-refractivity contribution < 1.29 is 14.3 Å². The molecule has 1 unspecified atom stereocenters. The first-order valence-corrected chi connectivity index (χ1v) is 9.42. The quantitative estimate of drug-likeness (QED) is 0.663. The number of rotatable bonds is 6. The van der Waals surface area contributed by atoms with Crippen molar-refractivity contribution >= 4 is 16.8 Å². The lowest BCUT2D eigenvalue weighted by Gasteiger charge is -2.24. The van der Waals surface area contributed by atoms with Crippen molar-refractivity contribution in [2.75, 3.05) is 20.8 Å². The maximum atomic E-state index is 12.5. The molecule has 1 amide bonds. The first-order chi connectivity index (χ1) is 13.4. The lowest BCUT2D eigenvalue weighted by Crippen LogP contribution is -2.37. The van der Waals surface area contributed by atoms with Crippen LogP contribution in [-0.4, -0.2) is 31.7 Å². The van der Waals surface area contributed by atoms with Gasteiger partial charge in [-0.15, -0.1) is 0 Å². The summed E-state index contributed by atoms with van der Waals surface area (Å²) in [6, 6.07) is 14.0. The zero-order chi connectivity index (χ0) is 20.3. The lowest BCUT2D eigenvalue weighted by molar-refractivity contribution is -0.128. The largest absolute Gasteiger partial charge is 0.493 e. The van der Waals surface area contributed by atoms with Crippen LogP contribution in [0.2, 0.25) is 0 Å². The Kier molecular flexibility index (Phi) is 5.63. The van der Waals surface area contributed by atoms with Crippen molar-refractivity contribution in [1.29, 1.82) is 0 Å². The summed E-state index contributed by atoms with van der Waals surface area (Å²) in [6.07, 6.45) is 2.01. The Hall–Kier alpha value is -2.95. The van der Waals surface area contributed by atoms with Crippen LogP contribution < -0.4 is 14.8 Å². The van der Waals surface area contributed by atoms with Crippen molar-refractivity contribution in [3.8, 4) is 11.5 Å². The lowest BCUT2D eigenvalue weighted by atomic mass is 9.89. The molecule has 5 nitrogen and oxygen atoms in total. The number of amides is 1. The van der Waals surface area contributed by atoms with Crippen molar-refractivity contribution in [1.82, 2.24) is 10.3 Å². The highest BCUT2D eigenvalue weighted by Gasteiger charge is 2.27. The van der Waals surface area contributed by atoms with E-state index < -0.39 is 5.41 Å². The minimum atomic E-state index is -0.455. The molecule has 0 radical (unpaired) electrons. The number of hydrogen-bond donors (Lipinski definition) is 2. The zero-order valence-electron chi connectivity index (χ0n) is 17.1. The predicted molar refractivity (Wildman–Crippen MR) is 112 cm³/mol. The number of para-hydroxylation sites is 2. The number of aromatic amines is 1. The van der Waals surface area contributed by atoms with Crippen molar-refractivity contribution in [2.45, 2.75) is 26.7 Å². The Balaban J connectivity index is 2.09. The molecule has 3 aromatic rings. The number of hydrogen-bond acceptors (Lipinski definition) is 3. The van der Waals surface area contributed by atoms with Gasteiger partial charge in [0.15, 0.2) is 11.5 Å². The predicted octanol–water partition coefficient (Wildman–Crippen LogP) is 4.48. The molecular formula is C23H28N2O3. The normalized spacial score (nSPS) is 12.6. The monoisotopic (exact) mass is 380 g/mol. The van der Waals surface area contributed by atoms with Gasteiger partial charge >= 0.3 is 0 Å². The average Bonchev–Trinajstić information content (AvgIpc) is 3.11. The van der Waals surface area contributed by atoms with Crippen LogP contribution in [0, 0.1) is 5.41 Å². The van der Waals surface area contributed by atoms with Gasteiger partial charge < -0.3 is 19.8 Å². The molecule has 0 spiro atoms. The van der Waals surface area contributed by atoms with Gasteiger partial charge in [-0.1, -0.05) is 51.1 Å². The van der Waals surface area contributed by atoms with E-state index in [1.54, 1.807) is 14.2 Å². The fourth-order valence-electron chi connectivity index (χ4n) is 3.42. The van der Waals surface area contributed by atoms with E-state index in [0.717, 1.165) is 22.0 Å². The molecule has 2 aromatic carbocycles. The van der Waals surface area contributed by atoms with Crippen LogP contribution in [0.25, 0.3) is 10.9 Å². The van der Waals surface area contributed by atoms with Crippen LogP contribution in [0.3, 0.4) is 0 Å². The maximum Gasteiger partial charge on any atom is 0.225 e. The number of benzene rings is 2. The molecule has 2 N–H and O–H groups in total. The first-order valence-electron chi connectivity index (χ1n) is 9.42. The van der Waals surface area contributed by atoms with Gasteiger partial charge in [0.2, 0.25) is 5.91 Å². The highest BCUT2D eigenvalue weighted by Crippen LogP contribution is 2.40. The second-order valence-electron chi connectivity index (χ2n) is 7.88. The first kappa shape index (κ1) is 19.8. The van der Waals surface area contributed by atoms with E-state index in [-0.39, 0.29) is 11.8 Å². The minimum absolute atomic E-state index is 0.0132. The minimum Gasteiger partial charge on any atom is -0.493 e. The summed E-state index contributed by atoms with van der Waals surface area (Å²) in [5, 5.41) is 4.24. The standard InChI is InChI=1S/C23H28N2O3/c1-23(2,3)22(26)25-14-18(16-10-8-12-20(27-4)21(16)28-5)17-13-24-19-11-7-6-9-15(17)19/h6-13,18,24H,14H2,1-5H3,(H,25,26). The number of nitrogens with one attached hydrogen (secondary N) is 2. The van der Waals surface area contributed by atoms with Gasteiger partial charge in [-0.05, 0) is 17.7 Å². The van der Waals surface area contributed by atoms with E-state index in [1.165, 1.54) is 0 Å². The molecule has 0 saturated heterocycles. The number of carbonyl (C=O) groups excluding carboxylic acids is 1. The van der Waals surface area contributed by atoms with E-state index >= 15 is 0 Å². The summed E-state index contributed by atoms with van der Waals surface area (Å²) in [5.74, 6) is 1.28. The Bertz CT molecular complexity index is 969. The Morgan fingerprint density at radius 1 is 1.04 bits per heavy atom. The molecule has 0 fully saturated rings. The molecule has 0 aliphatic rings. The molecule has 28 heavy (non-hydrogen) atoms. The van der Waals surface area contributed by atoms with Gasteiger partial charge in [0.25, 0.3) is 0 Å². The summed E-state index contributed by atoms with van der Waals surface area (Å²) < 4.78 is 11.2. The third-order valence-electron chi connectivity index (χ3n) is 4.95. The third kappa shape index (κ3) is 3.84. The fourth-order valence-corrected chi connectivity index (χ4v) is 3.42. The zero-order valence-corrected chi connectivity index (χ0v) is 17.1. The Morgan fingerprint density at radius 2 is 1.79 bits per heavy atom. The van der Waals surface area contributed by atoms with Crippen LogP contribution in [0.15, 0.2) is 48.7 Å².